The highest BCUT2D eigenvalue weighted by atomic mass is 35.5. The highest BCUT2D eigenvalue weighted by molar-refractivity contribution is 6.30. The third-order valence-electron chi connectivity index (χ3n) is 3.83. The molecule has 3 rings (SSSR count). The Bertz CT molecular complexity index is 989. The zero-order chi connectivity index (χ0) is 18.5. The van der Waals surface area contributed by atoms with Crippen LogP contribution in [0.1, 0.15) is 0 Å². The van der Waals surface area contributed by atoms with Crippen LogP contribution < -0.4 is 10.3 Å². The minimum Gasteiger partial charge on any atom is -0.492 e. The van der Waals surface area contributed by atoms with E-state index in [1.165, 1.54) is 4.90 Å². The van der Waals surface area contributed by atoms with Gasteiger partial charge in [-0.2, -0.15) is 0 Å². The van der Waals surface area contributed by atoms with Gasteiger partial charge in [0.15, 0.2) is 0 Å². The van der Waals surface area contributed by atoms with Crippen molar-refractivity contribution in [3.8, 4) is 5.75 Å². The number of likely N-dealkylation sites (N-methyl/N-ethyl adjacent to an activating group) is 1. The number of ether oxygens (including phenoxy) is 1. The molecule has 0 saturated heterocycles. The van der Waals surface area contributed by atoms with Gasteiger partial charge < -0.3 is 9.64 Å². The molecule has 7 nitrogen and oxygen atoms in total. The Balaban J connectivity index is 1.59. The summed E-state index contributed by atoms with van der Waals surface area (Å²) in [5.74, 6) is 0.376. The van der Waals surface area contributed by atoms with Gasteiger partial charge in [-0.05, 0) is 30.3 Å². The van der Waals surface area contributed by atoms with Crippen molar-refractivity contribution in [2.75, 3.05) is 20.2 Å². The molecule has 0 unspecified atom stereocenters. The molecule has 0 atom stereocenters. The Kier molecular flexibility index (Phi) is 5.48. The molecule has 0 saturated carbocycles. The number of hydrogen-bond donors (Lipinski definition) is 0. The van der Waals surface area contributed by atoms with E-state index in [2.05, 4.69) is 10.3 Å². The molecule has 0 aliphatic rings. The van der Waals surface area contributed by atoms with Crippen LogP contribution in [0.15, 0.2) is 53.3 Å². The summed E-state index contributed by atoms with van der Waals surface area (Å²) in [6.07, 6.45) is 0. The summed E-state index contributed by atoms with van der Waals surface area (Å²) in [5.41, 5.74) is 0.164. The van der Waals surface area contributed by atoms with Crippen molar-refractivity contribution in [3.05, 3.63) is 63.9 Å². The zero-order valence-electron chi connectivity index (χ0n) is 14.1. The lowest BCUT2D eigenvalue weighted by atomic mass is 10.2. The van der Waals surface area contributed by atoms with Gasteiger partial charge in [0.1, 0.15) is 24.4 Å². The van der Waals surface area contributed by atoms with Gasteiger partial charge in [-0.15, -0.1) is 5.10 Å². The van der Waals surface area contributed by atoms with Gasteiger partial charge in [0.25, 0.3) is 5.56 Å². The predicted octanol–water partition coefficient (Wildman–Crippen LogP) is 1.98. The fourth-order valence-electron chi connectivity index (χ4n) is 2.36. The van der Waals surface area contributed by atoms with Gasteiger partial charge in [0.05, 0.1) is 11.9 Å². The fourth-order valence-corrected chi connectivity index (χ4v) is 2.54. The van der Waals surface area contributed by atoms with E-state index in [4.69, 9.17) is 16.3 Å². The van der Waals surface area contributed by atoms with E-state index in [9.17, 15) is 9.59 Å². The van der Waals surface area contributed by atoms with Gasteiger partial charge in [-0.25, -0.2) is 4.68 Å². The number of aromatic nitrogens is 3. The first kappa shape index (κ1) is 17.9. The summed E-state index contributed by atoms with van der Waals surface area (Å²) in [6.45, 7) is 0.492. The second kappa shape index (κ2) is 7.97. The van der Waals surface area contributed by atoms with E-state index in [1.54, 1.807) is 55.6 Å². The summed E-state index contributed by atoms with van der Waals surface area (Å²) < 4.78 is 6.63. The second-order valence-electron chi connectivity index (χ2n) is 5.69. The largest absolute Gasteiger partial charge is 0.492 e. The molecule has 0 radical (unpaired) electrons. The summed E-state index contributed by atoms with van der Waals surface area (Å²) in [7, 11) is 1.64. The number of amides is 1. The normalized spacial score (nSPS) is 10.7. The Morgan fingerprint density at radius 2 is 2.04 bits per heavy atom. The molecule has 1 amide bonds. The Morgan fingerprint density at radius 1 is 1.23 bits per heavy atom. The van der Waals surface area contributed by atoms with E-state index >= 15 is 0 Å². The number of nitrogens with zero attached hydrogens (tertiary/aromatic N) is 4. The number of hydrogen-bond acceptors (Lipinski definition) is 5. The first-order valence-corrected chi connectivity index (χ1v) is 8.37. The lowest BCUT2D eigenvalue weighted by Gasteiger charge is -2.17. The van der Waals surface area contributed by atoms with E-state index in [1.807, 2.05) is 0 Å². The maximum absolute atomic E-state index is 12.4. The average molecular weight is 373 g/mol. The molecule has 0 aliphatic carbocycles. The minimum absolute atomic E-state index is 0.176. The Hall–Kier alpha value is -2.93. The fraction of sp³-hybridized carbons (Fsp3) is 0.222. The molecule has 2 aromatic carbocycles. The van der Waals surface area contributed by atoms with E-state index in [-0.39, 0.29) is 18.0 Å². The molecule has 1 heterocycles. The van der Waals surface area contributed by atoms with Crippen LogP contribution in [0.25, 0.3) is 10.9 Å². The molecule has 0 N–H and O–H groups in total. The van der Waals surface area contributed by atoms with Crippen LogP contribution in [0.2, 0.25) is 5.02 Å². The highest BCUT2D eigenvalue weighted by Gasteiger charge is 2.13. The minimum atomic E-state index is -0.340. The number of fused-ring (bicyclic) bond motifs is 1. The molecule has 0 bridgehead atoms. The SMILES string of the molecule is CN(CCOc1cccc(Cl)c1)C(=O)Cn1nnc2ccccc2c1=O. The lowest BCUT2D eigenvalue weighted by molar-refractivity contribution is -0.131. The smallest absolute Gasteiger partial charge is 0.278 e. The van der Waals surface area contributed by atoms with E-state index in [0.717, 1.165) is 4.68 Å². The lowest BCUT2D eigenvalue weighted by Crippen LogP contribution is -2.37. The maximum atomic E-state index is 12.4. The molecule has 26 heavy (non-hydrogen) atoms. The van der Waals surface area contributed by atoms with Crippen molar-refractivity contribution in [1.82, 2.24) is 19.9 Å². The van der Waals surface area contributed by atoms with Crippen LogP contribution in [0.5, 0.6) is 5.75 Å². The Morgan fingerprint density at radius 3 is 2.85 bits per heavy atom. The molecule has 3 aromatic rings. The van der Waals surface area contributed by atoms with Crippen molar-refractivity contribution < 1.29 is 9.53 Å². The molecule has 0 fully saturated rings. The zero-order valence-corrected chi connectivity index (χ0v) is 14.9. The van der Waals surface area contributed by atoms with Crippen LogP contribution in [0.3, 0.4) is 0 Å². The monoisotopic (exact) mass is 372 g/mol. The topological polar surface area (TPSA) is 77.3 Å². The average Bonchev–Trinajstić information content (AvgIpc) is 2.64. The van der Waals surface area contributed by atoms with Crippen molar-refractivity contribution in [2.24, 2.45) is 0 Å². The quantitative estimate of drug-likeness (QED) is 0.661. The van der Waals surface area contributed by atoms with E-state index < -0.39 is 0 Å². The highest BCUT2D eigenvalue weighted by Crippen LogP contribution is 2.16. The summed E-state index contributed by atoms with van der Waals surface area (Å²) in [6, 6.07) is 13.9. The first-order chi connectivity index (χ1) is 12.5. The molecule has 0 aliphatic heterocycles. The van der Waals surface area contributed by atoms with Gasteiger partial charge in [-0.1, -0.05) is 35.0 Å². The number of carbonyl (C=O) groups excluding carboxylic acids is 1. The van der Waals surface area contributed by atoms with E-state index in [0.29, 0.717) is 34.8 Å². The van der Waals surface area contributed by atoms with Crippen molar-refractivity contribution in [1.29, 1.82) is 0 Å². The van der Waals surface area contributed by atoms with Gasteiger partial charge in [-0.3, -0.25) is 9.59 Å². The van der Waals surface area contributed by atoms with Crippen molar-refractivity contribution in [2.45, 2.75) is 6.54 Å². The predicted molar refractivity (Wildman–Crippen MR) is 98.4 cm³/mol. The molecule has 134 valence electrons. The second-order valence-corrected chi connectivity index (χ2v) is 6.13. The van der Waals surface area contributed by atoms with Crippen LogP contribution in [-0.4, -0.2) is 46.0 Å². The third kappa shape index (κ3) is 4.18. The molecule has 8 heteroatoms. The number of rotatable bonds is 6. The number of halogens is 1. The van der Waals surface area contributed by atoms with Crippen molar-refractivity contribution >= 4 is 28.4 Å². The van der Waals surface area contributed by atoms with Crippen LogP contribution in [-0.2, 0) is 11.3 Å². The van der Waals surface area contributed by atoms with Crippen LogP contribution >= 0.6 is 11.6 Å². The van der Waals surface area contributed by atoms with Gasteiger partial charge in [0.2, 0.25) is 5.91 Å². The molecule has 1 aromatic heterocycles. The van der Waals surface area contributed by atoms with Gasteiger partial charge >= 0.3 is 0 Å². The molecular weight excluding hydrogens is 356 g/mol. The van der Waals surface area contributed by atoms with Crippen LogP contribution in [0, 0.1) is 0 Å². The summed E-state index contributed by atoms with van der Waals surface area (Å²) in [4.78, 5) is 26.2. The first-order valence-electron chi connectivity index (χ1n) is 7.99. The van der Waals surface area contributed by atoms with Gasteiger partial charge in [0, 0.05) is 12.1 Å². The summed E-state index contributed by atoms with van der Waals surface area (Å²) in [5, 5.41) is 8.81. The van der Waals surface area contributed by atoms with Crippen LogP contribution in [0.4, 0.5) is 0 Å². The number of benzene rings is 2. The maximum Gasteiger partial charge on any atom is 0.278 e. The molecule has 0 spiro atoms. The van der Waals surface area contributed by atoms with Crippen molar-refractivity contribution in [3.63, 3.8) is 0 Å². The molecular formula is C18H17ClN4O3. The summed E-state index contributed by atoms with van der Waals surface area (Å²) >= 11 is 5.89. The Labute approximate surface area is 154 Å². The third-order valence-corrected chi connectivity index (χ3v) is 4.07. The number of carbonyl (C=O) groups is 1. The standard InChI is InChI=1S/C18H17ClN4O3/c1-22(9-10-26-14-6-4-5-13(19)11-14)17(24)12-23-18(25)15-7-2-3-8-16(15)20-21-23/h2-8,11H,9-10,12H2,1H3.